The van der Waals surface area contributed by atoms with Crippen molar-refractivity contribution in [2.24, 2.45) is 0 Å². The minimum Gasteiger partial charge on any atom is -0.392 e. The van der Waals surface area contributed by atoms with E-state index in [1.807, 2.05) is 24.8 Å². The van der Waals surface area contributed by atoms with Crippen LogP contribution in [0, 0.1) is 0 Å². The molecule has 0 saturated heterocycles. The van der Waals surface area contributed by atoms with E-state index in [2.05, 4.69) is 37.0 Å². The number of aromatic nitrogens is 1. The molecule has 18 heavy (non-hydrogen) atoms. The maximum atomic E-state index is 9.52. The summed E-state index contributed by atoms with van der Waals surface area (Å²) in [6.07, 6.45) is 0.717. The summed E-state index contributed by atoms with van der Waals surface area (Å²) in [5, 5.41) is 11.5. The van der Waals surface area contributed by atoms with Gasteiger partial charge >= 0.3 is 0 Å². The molecule has 0 bridgehead atoms. The zero-order valence-electron chi connectivity index (χ0n) is 11.0. The Labute approximate surface area is 116 Å². The second-order valence-electron chi connectivity index (χ2n) is 4.67. The average molecular weight is 281 g/mol. The van der Waals surface area contributed by atoms with Crippen LogP contribution in [0.25, 0.3) is 10.2 Å². The highest BCUT2D eigenvalue weighted by Crippen LogP contribution is 2.27. The van der Waals surface area contributed by atoms with Crippen molar-refractivity contribution >= 4 is 33.3 Å². The Morgan fingerprint density at radius 3 is 2.67 bits per heavy atom. The maximum Gasteiger partial charge on any atom is 0.0949 e. The minimum atomic E-state index is -0.257. The van der Waals surface area contributed by atoms with Crippen LogP contribution in [0.5, 0.6) is 0 Å². The van der Waals surface area contributed by atoms with Gasteiger partial charge in [-0.2, -0.15) is 11.8 Å². The number of hydrogen-bond acceptors (Lipinski definition) is 4. The van der Waals surface area contributed by atoms with E-state index in [-0.39, 0.29) is 11.4 Å². The van der Waals surface area contributed by atoms with Crippen LogP contribution in [0.4, 0.5) is 0 Å². The Balaban J connectivity index is 2.00. The molecule has 2 nitrogen and oxygen atoms in total. The van der Waals surface area contributed by atoms with Crippen molar-refractivity contribution < 1.29 is 5.11 Å². The number of aliphatic hydroxyl groups is 1. The van der Waals surface area contributed by atoms with Crippen LogP contribution in [0.15, 0.2) is 24.3 Å². The summed E-state index contributed by atoms with van der Waals surface area (Å²) in [6.45, 7) is 6.13. The van der Waals surface area contributed by atoms with Gasteiger partial charge in [0.2, 0.25) is 0 Å². The molecule has 1 aromatic carbocycles. The Kier molecular flexibility index (Phi) is 4.65. The Hall–Kier alpha value is -0.580. The number of para-hydroxylation sites is 1. The smallest absolute Gasteiger partial charge is 0.0949 e. The van der Waals surface area contributed by atoms with Gasteiger partial charge < -0.3 is 5.11 Å². The molecular formula is C14H19NOS2. The lowest BCUT2D eigenvalue weighted by atomic mass is 10.3. The number of nitrogens with zero attached hydrogens (tertiary/aromatic N) is 1. The van der Waals surface area contributed by atoms with Crippen LogP contribution in [0.3, 0.4) is 0 Å². The van der Waals surface area contributed by atoms with Gasteiger partial charge in [-0.1, -0.05) is 26.0 Å². The number of thiazole rings is 1. The van der Waals surface area contributed by atoms with Crippen molar-refractivity contribution in [3.8, 4) is 0 Å². The number of rotatable bonds is 5. The molecular weight excluding hydrogens is 262 g/mol. The van der Waals surface area contributed by atoms with E-state index in [0.29, 0.717) is 5.25 Å². The predicted molar refractivity (Wildman–Crippen MR) is 81.5 cm³/mol. The summed E-state index contributed by atoms with van der Waals surface area (Å²) < 4.78 is 1.26. The maximum absolute atomic E-state index is 9.52. The normalized spacial score (nSPS) is 16.7. The van der Waals surface area contributed by atoms with E-state index in [1.54, 1.807) is 11.3 Å². The van der Waals surface area contributed by atoms with Crippen molar-refractivity contribution in [2.75, 3.05) is 0 Å². The SMILES string of the molecule is C[C@H](Cc1nc2ccccc2s1)S[C@H](C)[C@H](C)O. The second-order valence-corrected chi connectivity index (χ2v) is 7.61. The van der Waals surface area contributed by atoms with E-state index in [9.17, 15) is 5.11 Å². The van der Waals surface area contributed by atoms with Gasteiger partial charge in [0.1, 0.15) is 0 Å². The molecule has 2 aromatic rings. The van der Waals surface area contributed by atoms with Crippen LogP contribution in [0.2, 0.25) is 0 Å². The molecule has 1 aromatic heterocycles. The summed E-state index contributed by atoms with van der Waals surface area (Å²) in [7, 11) is 0. The second kappa shape index (κ2) is 6.04. The summed E-state index contributed by atoms with van der Waals surface area (Å²) in [6, 6.07) is 8.26. The lowest BCUT2D eigenvalue weighted by Crippen LogP contribution is -2.19. The molecule has 0 aliphatic heterocycles. The number of thioether (sulfide) groups is 1. The van der Waals surface area contributed by atoms with Crippen LogP contribution in [-0.2, 0) is 6.42 Å². The van der Waals surface area contributed by atoms with E-state index in [1.165, 1.54) is 9.71 Å². The van der Waals surface area contributed by atoms with Crippen molar-refractivity contribution in [2.45, 2.75) is 43.8 Å². The van der Waals surface area contributed by atoms with Gasteiger partial charge in [0.05, 0.1) is 21.3 Å². The highest BCUT2D eigenvalue weighted by atomic mass is 32.2. The number of aliphatic hydroxyl groups excluding tert-OH is 1. The summed E-state index contributed by atoms with van der Waals surface area (Å²) in [5.41, 5.74) is 1.10. The molecule has 4 heteroatoms. The quantitative estimate of drug-likeness (QED) is 0.906. The highest BCUT2D eigenvalue weighted by Gasteiger charge is 2.15. The van der Waals surface area contributed by atoms with E-state index < -0.39 is 0 Å². The summed E-state index contributed by atoms with van der Waals surface area (Å²) in [4.78, 5) is 4.65. The molecule has 98 valence electrons. The van der Waals surface area contributed by atoms with Gasteiger partial charge in [-0.3, -0.25) is 0 Å². The molecule has 0 fully saturated rings. The van der Waals surface area contributed by atoms with Crippen molar-refractivity contribution in [1.29, 1.82) is 0 Å². The first-order valence-electron chi connectivity index (χ1n) is 6.24. The molecule has 0 unspecified atom stereocenters. The largest absolute Gasteiger partial charge is 0.392 e. The highest BCUT2D eigenvalue weighted by molar-refractivity contribution is 8.00. The molecule has 1 N–H and O–H groups in total. The van der Waals surface area contributed by atoms with Gasteiger partial charge in [0, 0.05) is 16.9 Å². The number of benzene rings is 1. The zero-order chi connectivity index (χ0) is 13.1. The Morgan fingerprint density at radius 2 is 2.00 bits per heavy atom. The lowest BCUT2D eigenvalue weighted by molar-refractivity contribution is 0.196. The van der Waals surface area contributed by atoms with Crippen LogP contribution >= 0.6 is 23.1 Å². The number of hydrogen-bond donors (Lipinski definition) is 1. The van der Waals surface area contributed by atoms with Crippen LogP contribution in [0.1, 0.15) is 25.8 Å². The van der Waals surface area contributed by atoms with Gasteiger partial charge in [0.15, 0.2) is 0 Å². The fourth-order valence-electron chi connectivity index (χ4n) is 1.78. The first-order valence-corrected chi connectivity index (χ1v) is 8.00. The third-order valence-electron chi connectivity index (χ3n) is 2.93. The van der Waals surface area contributed by atoms with Crippen molar-refractivity contribution in [1.82, 2.24) is 4.98 Å². The fourth-order valence-corrected chi connectivity index (χ4v) is 4.20. The first-order chi connectivity index (χ1) is 8.56. The van der Waals surface area contributed by atoms with Gasteiger partial charge in [0.25, 0.3) is 0 Å². The molecule has 0 aliphatic rings. The zero-order valence-corrected chi connectivity index (χ0v) is 12.6. The minimum absolute atomic E-state index is 0.257. The van der Waals surface area contributed by atoms with Crippen molar-refractivity contribution in [3.05, 3.63) is 29.3 Å². The third-order valence-corrected chi connectivity index (χ3v) is 5.44. The molecule has 0 aliphatic carbocycles. The van der Waals surface area contributed by atoms with Gasteiger partial charge in [-0.25, -0.2) is 4.98 Å². The summed E-state index contributed by atoms with van der Waals surface area (Å²) in [5.74, 6) is 0. The molecule has 0 saturated carbocycles. The van der Waals surface area contributed by atoms with Crippen LogP contribution < -0.4 is 0 Å². The first kappa shape index (κ1) is 13.8. The van der Waals surface area contributed by atoms with Crippen molar-refractivity contribution in [3.63, 3.8) is 0 Å². The van der Waals surface area contributed by atoms with E-state index in [0.717, 1.165) is 11.9 Å². The van der Waals surface area contributed by atoms with Gasteiger partial charge in [-0.05, 0) is 19.1 Å². The van der Waals surface area contributed by atoms with E-state index in [4.69, 9.17) is 0 Å². The predicted octanol–water partition coefficient (Wildman–Crippen LogP) is 3.73. The molecule has 0 spiro atoms. The standard InChI is InChI=1S/C14H19NOS2/c1-9(17-11(3)10(2)16)8-14-15-12-6-4-5-7-13(12)18-14/h4-7,9-11,16H,8H2,1-3H3/t9-,10+,11-/m1/s1. The molecule has 0 amide bonds. The number of fused-ring (bicyclic) bond motifs is 1. The summed E-state index contributed by atoms with van der Waals surface area (Å²) >= 11 is 3.60. The molecule has 3 atom stereocenters. The monoisotopic (exact) mass is 281 g/mol. The van der Waals surface area contributed by atoms with Gasteiger partial charge in [-0.15, -0.1) is 11.3 Å². The van der Waals surface area contributed by atoms with Crippen LogP contribution in [-0.4, -0.2) is 26.7 Å². The Bertz CT molecular complexity index is 476. The Morgan fingerprint density at radius 1 is 1.28 bits per heavy atom. The topological polar surface area (TPSA) is 33.1 Å². The van der Waals surface area contributed by atoms with E-state index >= 15 is 0 Å². The molecule has 0 radical (unpaired) electrons. The molecule has 2 rings (SSSR count). The fraction of sp³-hybridized carbons (Fsp3) is 0.500. The third kappa shape index (κ3) is 3.46. The lowest BCUT2D eigenvalue weighted by Gasteiger charge is -2.18. The average Bonchev–Trinajstić information content (AvgIpc) is 2.70. The molecule has 1 heterocycles.